The lowest BCUT2D eigenvalue weighted by molar-refractivity contribution is -0.918. The lowest BCUT2D eigenvalue weighted by atomic mass is 10.1. The van der Waals surface area contributed by atoms with Crippen molar-refractivity contribution in [1.82, 2.24) is 30.7 Å². The molecule has 1 aliphatic rings. The topological polar surface area (TPSA) is 151 Å². The number of nitrogens with two attached hydrogens (primary N) is 1. The van der Waals surface area contributed by atoms with Crippen LogP contribution < -0.4 is 20.8 Å². The molecule has 2 aromatic heterocycles. The molecule has 4 N–H and O–H groups in total. The van der Waals surface area contributed by atoms with Crippen LogP contribution in [-0.2, 0) is 13.2 Å². The Kier molecular flexibility index (Phi) is 7.46. The molecule has 1 fully saturated rings. The lowest BCUT2D eigenvalue weighted by Gasteiger charge is -2.23. The maximum atomic E-state index is 13.0. The molecule has 12 heteroatoms. The number of aromatic nitrogens is 5. The molecular weight excluding hydrogens is 474 g/mol. The molecule has 1 amide bonds. The fourth-order valence-electron chi connectivity index (χ4n) is 4.22. The average Bonchev–Trinajstić information content (AvgIpc) is 3.55. The smallest absolute Gasteiger partial charge is 0.294 e. The van der Waals surface area contributed by atoms with Gasteiger partial charge in [-0.15, -0.1) is 5.10 Å². The minimum atomic E-state index is -0.480. The summed E-state index contributed by atoms with van der Waals surface area (Å²) in [6.45, 7) is 3.03. The molecule has 1 saturated heterocycles. The Morgan fingerprint density at radius 1 is 1.11 bits per heavy atom. The Morgan fingerprint density at radius 3 is 2.62 bits per heavy atom. The third-order valence-electron chi connectivity index (χ3n) is 6.16. The number of carbonyl (C=O) groups excluding carboxylic acids is 1. The van der Waals surface area contributed by atoms with Gasteiger partial charge in [0.05, 0.1) is 19.3 Å². The second-order valence-corrected chi connectivity index (χ2v) is 8.80. The van der Waals surface area contributed by atoms with E-state index < -0.39 is 5.91 Å². The van der Waals surface area contributed by atoms with E-state index in [0.717, 1.165) is 42.8 Å². The first-order valence-electron chi connectivity index (χ1n) is 12.1. The summed E-state index contributed by atoms with van der Waals surface area (Å²) in [6, 6.07) is 17.4. The first-order chi connectivity index (χ1) is 18.2. The molecule has 0 spiro atoms. The van der Waals surface area contributed by atoms with Gasteiger partial charge in [-0.3, -0.25) is 4.79 Å². The number of nitrogens with zero attached hydrogens (tertiary/aromatic N) is 6. The van der Waals surface area contributed by atoms with Crippen molar-refractivity contribution >= 4 is 17.9 Å². The molecule has 190 valence electrons. The minimum absolute atomic E-state index is 0.0703. The first-order valence-corrected chi connectivity index (χ1v) is 12.1. The maximum Gasteiger partial charge on any atom is 0.294 e. The van der Waals surface area contributed by atoms with E-state index in [-0.39, 0.29) is 17.3 Å². The van der Waals surface area contributed by atoms with E-state index in [4.69, 9.17) is 15.1 Å². The van der Waals surface area contributed by atoms with Crippen LogP contribution in [0.25, 0.3) is 5.82 Å². The molecule has 0 saturated carbocycles. The number of quaternary nitrogens is 1. The predicted molar refractivity (Wildman–Crippen MR) is 134 cm³/mol. The molecule has 0 aliphatic carbocycles. The second-order valence-electron chi connectivity index (χ2n) is 8.80. The van der Waals surface area contributed by atoms with Crippen LogP contribution in [0, 0.1) is 0 Å². The van der Waals surface area contributed by atoms with Crippen molar-refractivity contribution in [3.05, 3.63) is 77.1 Å². The van der Waals surface area contributed by atoms with Crippen molar-refractivity contribution in [1.29, 1.82) is 0 Å². The van der Waals surface area contributed by atoms with Gasteiger partial charge in [-0.1, -0.05) is 35.5 Å². The van der Waals surface area contributed by atoms with Crippen molar-refractivity contribution in [3.63, 3.8) is 0 Å². The van der Waals surface area contributed by atoms with E-state index in [0.29, 0.717) is 18.8 Å². The molecule has 37 heavy (non-hydrogen) atoms. The largest absolute Gasteiger partial charge is 0.489 e. The molecule has 0 radical (unpaired) electrons. The van der Waals surface area contributed by atoms with Crippen LogP contribution in [0.2, 0.25) is 0 Å². The van der Waals surface area contributed by atoms with Gasteiger partial charge in [0.2, 0.25) is 11.6 Å². The van der Waals surface area contributed by atoms with Gasteiger partial charge < -0.3 is 15.4 Å². The number of carbonyl (C=O) groups is 1. The summed E-state index contributed by atoms with van der Waals surface area (Å²) in [4.78, 5) is 14.3. The number of hydrogen-bond donors (Lipinski definition) is 3. The summed E-state index contributed by atoms with van der Waals surface area (Å²) in [5.74, 6) is 0.539. The Labute approximate surface area is 213 Å². The molecule has 2 aromatic carbocycles. The number of amides is 1. The van der Waals surface area contributed by atoms with Crippen LogP contribution >= 0.6 is 0 Å². The molecule has 0 unspecified atom stereocenters. The fourth-order valence-corrected chi connectivity index (χ4v) is 4.22. The number of nitrogen functional groups attached to an aromatic ring is 1. The molecule has 4 aromatic rings. The normalized spacial score (nSPS) is 14.2. The fraction of sp³-hybridized carbons (Fsp3) is 0.280. The molecule has 1 aliphatic heterocycles. The number of rotatable bonds is 9. The van der Waals surface area contributed by atoms with Gasteiger partial charge in [-0.05, 0) is 65.0 Å². The maximum absolute atomic E-state index is 13.0. The molecule has 0 bridgehead atoms. The Balaban J connectivity index is 1.24. The van der Waals surface area contributed by atoms with Gasteiger partial charge in [0, 0.05) is 0 Å². The summed E-state index contributed by atoms with van der Waals surface area (Å²) in [5.41, 5.74) is 11.0. The second kappa shape index (κ2) is 11.4. The van der Waals surface area contributed by atoms with Crippen LogP contribution in [0.4, 0.5) is 5.82 Å². The number of ether oxygens (including phenoxy) is 1. The quantitative estimate of drug-likeness (QED) is 0.228. The van der Waals surface area contributed by atoms with Gasteiger partial charge >= 0.3 is 0 Å². The van der Waals surface area contributed by atoms with Gasteiger partial charge in [0.25, 0.3) is 5.91 Å². The zero-order chi connectivity index (χ0) is 25.5. The monoisotopic (exact) mass is 502 g/mol. The van der Waals surface area contributed by atoms with E-state index in [9.17, 15) is 4.79 Å². The summed E-state index contributed by atoms with van der Waals surface area (Å²) in [6.07, 6.45) is 5.03. The van der Waals surface area contributed by atoms with Crippen molar-refractivity contribution in [3.8, 4) is 11.6 Å². The van der Waals surface area contributed by atoms with Gasteiger partial charge in [-0.25, -0.2) is 10.1 Å². The van der Waals surface area contributed by atoms with Crippen LogP contribution in [-0.4, -0.2) is 50.5 Å². The van der Waals surface area contributed by atoms with Crippen LogP contribution in [0.15, 0.2) is 64.3 Å². The van der Waals surface area contributed by atoms with E-state index in [1.54, 1.807) is 6.21 Å². The Hall–Kier alpha value is -4.58. The number of piperidine rings is 1. The van der Waals surface area contributed by atoms with E-state index in [2.05, 4.69) is 31.2 Å². The van der Waals surface area contributed by atoms with Gasteiger partial charge in [0.15, 0.2) is 5.69 Å². The number of anilines is 1. The number of nitrogens with one attached hydrogen (secondary N) is 2. The predicted octanol–water partition coefficient (Wildman–Crippen LogP) is 1.14. The zero-order valence-electron chi connectivity index (χ0n) is 20.2. The molecular formula is C25H28N9O3+. The Bertz CT molecular complexity index is 1340. The van der Waals surface area contributed by atoms with Crippen molar-refractivity contribution in [2.45, 2.75) is 32.4 Å². The number of hydrazone groups is 1. The van der Waals surface area contributed by atoms with Crippen LogP contribution in [0.3, 0.4) is 0 Å². The van der Waals surface area contributed by atoms with Gasteiger partial charge in [-0.2, -0.15) is 9.78 Å². The zero-order valence-corrected chi connectivity index (χ0v) is 20.2. The van der Waals surface area contributed by atoms with Crippen LogP contribution in [0.5, 0.6) is 5.75 Å². The SMILES string of the molecule is Nc1nonc1-n1nnc(C(=O)N/N=C\c2ccc(OCc3ccccc3)cc2)c1C[NH+]1CCCCC1. The molecule has 0 atom stereocenters. The highest BCUT2D eigenvalue weighted by molar-refractivity contribution is 5.94. The summed E-state index contributed by atoms with van der Waals surface area (Å²) in [5, 5.41) is 19.7. The van der Waals surface area contributed by atoms with E-state index in [1.807, 2.05) is 54.6 Å². The number of likely N-dealkylation sites (tertiary alicyclic amines) is 1. The highest BCUT2D eigenvalue weighted by atomic mass is 16.6. The third-order valence-corrected chi connectivity index (χ3v) is 6.16. The van der Waals surface area contributed by atoms with Gasteiger partial charge in [0.1, 0.15) is 24.6 Å². The average molecular weight is 503 g/mol. The lowest BCUT2D eigenvalue weighted by Crippen LogP contribution is -3.11. The minimum Gasteiger partial charge on any atom is -0.489 e. The molecule has 3 heterocycles. The highest BCUT2D eigenvalue weighted by Gasteiger charge is 2.27. The standard InChI is InChI=1S/C25H27N9O3/c26-23-24(31-37-30-23)34-21(16-33-13-5-2-6-14-33)22(28-32-34)25(35)29-27-15-18-9-11-20(12-10-18)36-17-19-7-3-1-4-8-19/h1,3-4,7-12,15H,2,5-6,13-14,16-17H2,(H2,26,30)(H,29,35)/p+1/b27-15-. The van der Waals surface area contributed by atoms with E-state index in [1.165, 1.54) is 16.0 Å². The summed E-state index contributed by atoms with van der Waals surface area (Å²) < 4.78 is 11.9. The summed E-state index contributed by atoms with van der Waals surface area (Å²) >= 11 is 0. The van der Waals surface area contributed by atoms with Crippen LogP contribution in [0.1, 0.15) is 46.6 Å². The van der Waals surface area contributed by atoms with Crippen molar-refractivity contribution in [2.24, 2.45) is 5.10 Å². The number of hydrogen-bond acceptors (Lipinski definition) is 9. The van der Waals surface area contributed by atoms with Crippen molar-refractivity contribution < 1.29 is 19.1 Å². The van der Waals surface area contributed by atoms with E-state index >= 15 is 0 Å². The number of benzene rings is 2. The summed E-state index contributed by atoms with van der Waals surface area (Å²) in [7, 11) is 0. The first kappa shape index (κ1) is 24.1. The molecule has 12 nitrogen and oxygen atoms in total. The molecule has 5 rings (SSSR count). The Morgan fingerprint density at radius 2 is 1.89 bits per heavy atom. The third kappa shape index (κ3) is 5.98. The highest BCUT2D eigenvalue weighted by Crippen LogP contribution is 2.16. The van der Waals surface area contributed by atoms with Crippen molar-refractivity contribution in [2.75, 3.05) is 18.8 Å².